The van der Waals surface area contributed by atoms with Gasteiger partial charge in [-0.1, -0.05) is 23.4 Å². The molecule has 36 heavy (non-hydrogen) atoms. The summed E-state index contributed by atoms with van der Waals surface area (Å²) in [5, 5.41) is 35.0. The van der Waals surface area contributed by atoms with E-state index in [0.29, 0.717) is 42.5 Å². The summed E-state index contributed by atoms with van der Waals surface area (Å²) in [5.74, 6) is -1.59. The lowest BCUT2D eigenvalue weighted by atomic mass is 10.1. The van der Waals surface area contributed by atoms with E-state index in [9.17, 15) is 19.8 Å². The number of hydrogen-bond donors (Lipinski definition) is 3. The summed E-state index contributed by atoms with van der Waals surface area (Å²) >= 11 is 8.07. The number of tetrazole rings is 1. The van der Waals surface area contributed by atoms with E-state index in [0.717, 1.165) is 18.9 Å². The maximum absolute atomic E-state index is 15.3. The Morgan fingerprint density at radius 1 is 1.39 bits per heavy atom. The van der Waals surface area contributed by atoms with Gasteiger partial charge in [0.05, 0.1) is 27.7 Å². The number of halogens is 2. The van der Waals surface area contributed by atoms with Crippen molar-refractivity contribution in [3.63, 3.8) is 0 Å². The van der Waals surface area contributed by atoms with Gasteiger partial charge in [-0.25, -0.2) is 13.9 Å². The van der Waals surface area contributed by atoms with Gasteiger partial charge in [0.15, 0.2) is 0 Å². The van der Waals surface area contributed by atoms with Gasteiger partial charge in [-0.3, -0.25) is 4.79 Å². The van der Waals surface area contributed by atoms with Crippen LogP contribution in [0.2, 0.25) is 5.02 Å². The molecule has 0 radical (unpaired) electrons. The molecular formula is C22H25ClFN7O4S. The van der Waals surface area contributed by atoms with Gasteiger partial charge in [-0.2, -0.15) is 0 Å². The number of aliphatic hydroxyl groups excluding tert-OH is 1. The number of anilines is 1. The summed E-state index contributed by atoms with van der Waals surface area (Å²) in [7, 11) is 1.73. The lowest BCUT2D eigenvalue weighted by molar-refractivity contribution is 0.0694. The second kappa shape index (κ2) is 9.96. The van der Waals surface area contributed by atoms with Crippen molar-refractivity contribution in [1.82, 2.24) is 30.1 Å². The van der Waals surface area contributed by atoms with Gasteiger partial charge in [-0.05, 0) is 35.8 Å². The van der Waals surface area contributed by atoms with Crippen LogP contribution < -0.4 is 15.6 Å². The summed E-state index contributed by atoms with van der Waals surface area (Å²) in [5.41, 5.74) is -0.564. The predicted molar refractivity (Wildman–Crippen MR) is 133 cm³/mol. The molecule has 3 N–H and O–H groups in total. The number of aromatic nitrogens is 5. The van der Waals surface area contributed by atoms with Crippen LogP contribution >= 0.6 is 23.4 Å². The number of carboxylic acids is 1. The van der Waals surface area contributed by atoms with E-state index in [1.807, 2.05) is 4.90 Å². The number of aromatic carboxylic acids is 1. The Morgan fingerprint density at radius 2 is 2.17 bits per heavy atom. The van der Waals surface area contributed by atoms with Crippen molar-refractivity contribution < 1.29 is 19.4 Å². The SMILES string of the molecule is Cn1nnnc1SCC(O)CNC1CCN(c2c(F)cc3c(=O)c(C(=O)O)cn(C4CC4)c3c2Cl)C1. The zero-order valence-corrected chi connectivity index (χ0v) is 21.0. The molecule has 1 saturated carbocycles. The number of carbonyl (C=O) groups is 1. The zero-order chi connectivity index (χ0) is 25.6. The molecule has 1 aromatic carbocycles. The van der Waals surface area contributed by atoms with Crippen LogP contribution in [0, 0.1) is 5.82 Å². The van der Waals surface area contributed by atoms with Crippen molar-refractivity contribution in [2.45, 2.75) is 42.6 Å². The molecule has 0 bridgehead atoms. The van der Waals surface area contributed by atoms with E-state index in [-0.39, 0.29) is 28.2 Å². The Labute approximate surface area is 214 Å². The summed E-state index contributed by atoms with van der Waals surface area (Å²) in [6.45, 7) is 1.36. The third kappa shape index (κ3) is 4.80. The molecule has 1 aliphatic heterocycles. The minimum atomic E-state index is -1.35. The largest absolute Gasteiger partial charge is 0.477 e. The van der Waals surface area contributed by atoms with Crippen molar-refractivity contribution in [2.75, 3.05) is 30.3 Å². The highest BCUT2D eigenvalue weighted by molar-refractivity contribution is 7.99. The van der Waals surface area contributed by atoms with Gasteiger partial charge < -0.3 is 25.0 Å². The molecule has 2 atom stereocenters. The maximum atomic E-state index is 15.3. The van der Waals surface area contributed by atoms with Crippen LogP contribution in [0.4, 0.5) is 10.1 Å². The molecule has 0 amide bonds. The molecule has 5 rings (SSSR count). The number of fused-ring (bicyclic) bond motifs is 1. The first-order valence-electron chi connectivity index (χ1n) is 11.6. The number of carboxylic acid groups (broad SMARTS) is 1. The molecule has 1 aliphatic carbocycles. The summed E-state index contributed by atoms with van der Waals surface area (Å²) < 4.78 is 18.5. The maximum Gasteiger partial charge on any atom is 0.341 e. The van der Waals surface area contributed by atoms with Gasteiger partial charge in [0, 0.05) is 50.7 Å². The Balaban J connectivity index is 1.32. The molecular weight excluding hydrogens is 513 g/mol. The van der Waals surface area contributed by atoms with E-state index in [1.165, 1.54) is 22.6 Å². The van der Waals surface area contributed by atoms with E-state index < -0.39 is 28.9 Å². The molecule has 1 saturated heterocycles. The smallest absolute Gasteiger partial charge is 0.341 e. The Kier molecular flexibility index (Phi) is 6.90. The Hall–Kier alpha value is -2.74. The zero-order valence-electron chi connectivity index (χ0n) is 19.4. The molecule has 3 heterocycles. The molecule has 2 aliphatic rings. The number of hydrogen-bond acceptors (Lipinski definition) is 9. The number of aryl methyl sites for hydroxylation is 1. The highest BCUT2D eigenvalue weighted by Gasteiger charge is 2.32. The summed E-state index contributed by atoms with van der Waals surface area (Å²) in [6.07, 6.45) is 3.09. The topological polar surface area (TPSA) is 138 Å². The van der Waals surface area contributed by atoms with Gasteiger partial charge in [0.1, 0.15) is 11.4 Å². The predicted octanol–water partition coefficient (Wildman–Crippen LogP) is 1.67. The standard InChI is InChI=1S/C22H25ClFN7O4S/c1-29-22(26-27-28-29)36-10-13(32)7-25-11-4-5-30(8-11)19-16(24)6-14-18(17(19)23)31(12-2-3-12)9-15(20(14)33)21(34)35/h6,9,11-13,25,32H,2-5,7-8,10H2,1H3,(H,34,35). The lowest BCUT2D eigenvalue weighted by Crippen LogP contribution is -2.38. The fraction of sp³-hybridized carbons (Fsp3) is 0.500. The molecule has 192 valence electrons. The average Bonchev–Trinajstić information content (AvgIpc) is 3.44. The van der Waals surface area contributed by atoms with E-state index in [4.69, 9.17) is 11.6 Å². The van der Waals surface area contributed by atoms with Crippen molar-refractivity contribution in [3.05, 3.63) is 38.9 Å². The van der Waals surface area contributed by atoms with Gasteiger partial charge in [0.2, 0.25) is 10.6 Å². The van der Waals surface area contributed by atoms with Crippen LogP contribution in [0.15, 0.2) is 22.2 Å². The van der Waals surface area contributed by atoms with Crippen LogP contribution in [0.5, 0.6) is 0 Å². The lowest BCUT2D eigenvalue weighted by Gasteiger charge is -2.24. The van der Waals surface area contributed by atoms with Crippen LogP contribution in [0.3, 0.4) is 0 Å². The fourth-order valence-electron chi connectivity index (χ4n) is 4.52. The minimum absolute atomic E-state index is 0.00678. The normalized spacial score (nSPS) is 18.8. The molecule has 11 nitrogen and oxygen atoms in total. The number of nitrogens with zero attached hydrogens (tertiary/aromatic N) is 6. The molecule has 0 spiro atoms. The van der Waals surface area contributed by atoms with Crippen molar-refractivity contribution in [2.24, 2.45) is 7.05 Å². The highest BCUT2D eigenvalue weighted by atomic mass is 35.5. The second-order valence-corrected chi connectivity index (χ2v) is 10.5. The number of nitrogens with one attached hydrogen (secondary N) is 1. The summed E-state index contributed by atoms with van der Waals surface area (Å²) in [4.78, 5) is 26.2. The van der Waals surface area contributed by atoms with Gasteiger partial charge >= 0.3 is 5.97 Å². The molecule has 14 heteroatoms. The second-order valence-electron chi connectivity index (χ2n) is 9.12. The van der Waals surface area contributed by atoms with E-state index in [1.54, 1.807) is 11.6 Å². The van der Waals surface area contributed by atoms with E-state index in [2.05, 4.69) is 20.8 Å². The Bertz CT molecular complexity index is 1380. The van der Waals surface area contributed by atoms with Crippen molar-refractivity contribution >= 4 is 45.9 Å². The van der Waals surface area contributed by atoms with Gasteiger partial charge in [0.25, 0.3) is 0 Å². The molecule has 2 aromatic heterocycles. The van der Waals surface area contributed by atoms with Crippen molar-refractivity contribution in [1.29, 1.82) is 0 Å². The number of benzene rings is 1. The number of thioether (sulfide) groups is 1. The van der Waals surface area contributed by atoms with Crippen LogP contribution in [0.25, 0.3) is 10.9 Å². The third-order valence-corrected chi connectivity index (χ3v) is 8.00. The molecule has 2 fully saturated rings. The highest BCUT2D eigenvalue weighted by Crippen LogP contribution is 2.42. The quantitative estimate of drug-likeness (QED) is 0.345. The van der Waals surface area contributed by atoms with Crippen LogP contribution in [0.1, 0.15) is 35.7 Å². The minimum Gasteiger partial charge on any atom is -0.477 e. The van der Waals surface area contributed by atoms with E-state index >= 15 is 4.39 Å². The monoisotopic (exact) mass is 537 g/mol. The molecule has 2 unspecified atom stereocenters. The number of pyridine rings is 1. The first kappa shape index (κ1) is 24.9. The fourth-order valence-corrected chi connectivity index (χ4v) is 5.71. The third-order valence-electron chi connectivity index (χ3n) is 6.49. The average molecular weight is 538 g/mol. The molecule has 3 aromatic rings. The van der Waals surface area contributed by atoms with Crippen LogP contribution in [-0.4, -0.2) is 78.5 Å². The first-order valence-corrected chi connectivity index (χ1v) is 12.9. The Morgan fingerprint density at radius 3 is 2.83 bits per heavy atom. The number of rotatable bonds is 9. The van der Waals surface area contributed by atoms with Crippen molar-refractivity contribution in [3.8, 4) is 0 Å². The van der Waals surface area contributed by atoms with Gasteiger partial charge in [-0.15, -0.1) is 5.10 Å². The summed E-state index contributed by atoms with van der Waals surface area (Å²) in [6, 6.07) is 1.15. The number of aliphatic hydroxyl groups is 1. The first-order chi connectivity index (χ1) is 17.2. The van der Waals surface area contributed by atoms with Crippen LogP contribution in [-0.2, 0) is 7.05 Å².